The van der Waals surface area contributed by atoms with Gasteiger partial charge in [-0.15, -0.1) is 0 Å². The van der Waals surface area contributed by atoms with Crippen LogP contribution in [-0.2, 0) is 5.41 Å². The molecule has 9 rings (SSSR count). The topological polar surface area (TPSA) is 0 Å². The average molecular weight is 573 g/mol. The van der Waals surface area contributed by atoms with E-state index in [2.05, 4.69) is 172 Å². The second-order valence-corrected chi connectivity index (χ2v) is 13.0. The lowest BCUT2D eigenvalue weighted by Crippen LogP contribution is -2.14. The molecule has 1 aliphatic carbocycles. The minimum absolute atomic E-state index is 0.00276. The van der Waals surface area contributed by atoms with Crippen molar-refractivity contribution < 1.29 is 0 Å². The van der Waals surface area contributed by atoms with Crippen LogP contribution in [0.2, 0.25) is 0 Å². The van der Waals surface area contributed by atoms with Crippen molar-refractivity contribution in [3.05, 3.63) is 169 Å². The Labute approximate surface area is 264 Å². The van der Waals surface area contributed by atoms with E-state index in [-0.39, 0.29) is 5.41 Å². The van der Waals surface area contributed by atoms with Crippen molar-refractivity contribution in [2.75, 3.05) is 0 Å². The summed E-state index contributed by atoms with van der Waals surface area (Å²) in [6, 6.07) is 58.2. The summed E-state index contributed by atoms with van der Waals surface area (Å²) in [6.07, 6.45) is 0. The molecule has 0 fully saturated rings. The fourth-order valence-electron chi connectivity index (χ4n) is 7.73. The van der Waals surface area contributed by atoms with Crippen LogP contribution in [0.4, 0.5) is 0 Å². The predicted octanol–water partition coefficient (Wildman–Crippen LogP) is 12.5. The summed E-state index contributed by atoms with van der Waals surface area (Å²) in [6.45, 7) is 4.74. The van der Waals surface area contributed by atoms with E-state index >= 15 is 0 Å². The molecule has 1 aliphatic rings. The van der Waals surface area contributed by atoms with Gasteiger partial charge in [0, 0.05) is 5.41 Å². The van der Waals surface area contributed by atoms with Gasteiger partial charge in [-0.25, -0.2) is 0 Å². The molecule has 0 atom stereocenters. The van der Waals surface area contributed by atoms with Crippen LogP contribution in [0, 0.1) is 0 Å². The molecule has 45 heavy (non-hydrogen) atoms. The Morgan fingerprint density at radius 2 is 0.711 bits per heavy atom. The lowest BCUT2D eigenvalue weighted by Gasteiger charge is -2.21. The SMILES string of the molecule is CC1(C)c2cccc3c4ccc(-c5cccc(-c6cc(-c7ccccc7)cc(-c7ccccc7)c6)c5)cc4c4cccc1c4c23. The molecular formula is C45H32. The van der Waals surface area contributed by atoms with Crippen LogP contribution in [0.15, 0.2) is 158 Å². The van der Waals surface area contributed by atoms with Crippen molar-refractivity contribution in [2.24, 2.45) is 0 Å². The molecule has 0 aromatic heterocycles. The van der Waals surface area contributed by atoms with Crippen molar-refractivity contribution >= 4 is 32.3 Å². The Bertz CT molecular complexity index is 2370. The number of rotatable bonds is 4. The first-order valence-electron chi connectivity index (χ1n) is 15.9. The normalized spacial score (nSPS) is 13.3. The second kappa shape index (κ2) is 9.78. The summed E-state index contributed by atoms with van der Waals surface area (Å²) in [7, 11) is 0. The summed E-state index contributed by atoms with van der Waals surface area (Å²) in [4.78, 5) is 0. The van der Waals surface area contributed by atoms with Crippen LogP contribution >= 0.6 is 0 Å². The van der Waals surface area contributed by atoms with E-state index in [9.17, 15) is 0 Å². The van der Waals surface area contributed by atoms with E-state index in [0.29, 0.717) is 0 Å². The zero-order valence-corrected chi connectivity index (χ0v) is 25.5. The van der Waals surface area contributed by atoms with Gasteiger partial charge in [0.15, 0.2) is 0 Å². The van der Waals surface area contributed by atoms with Gasteiger partial charge in [-0.05, 0) is 118 Å². The van der Waals surface area contributed by atoms with Gasteiger partial charge in [-0.2, -0.15) is 0 Å². The van der Waals surface area contributed by atoms with E-state index in [1.165, 1.54) is 88.0 Å². The first-order valence-corrected chi connectivity index (χ1v) is 15.9. The first kappa shape index (κ1) is 26.0. The fraction of sp³-hybridized carbons (Fsp3) is 0.0667. The van der Waals surface area contributed by atoms with Gasteiger partial charge in [0.1, 0.15) is 0 Å². The van der Waals surface area contributed by atoms with Gasteiger partial charge >= 0.3 is 0 Å². The summed E-state index contributed by atoms with van der Waals surface area (Å²) >= 11 is 0. The minimum Gasteiger partial charge on any atom is -0.0622 e. The molecule has 8 aromatic carbocycles. The molecule has 0 unspecified atom stereocenters. The highest BCUT2D eigenvalue weighted by atomic mass is 14.4. The van der Waals surface area contributed by atoms with Gasteiger partial charge < -0.3 is 0 Å². The molecular weight excluding hydrogens is 540 g/mol. The van der Waals surface area contributed by atoms with Crippen LogP contribution < -0.4 is 0 Å². The molecule has 212 valence electrons. The molecule has 0 heteroatoms. The molecule has 8 aromatic rings. The molecule has 0 saturated heterocycles. The molecule has 0 heterocycles. The Morgan fingerprint density at radius 1 is 0.289 bits per heavy atom. The fourth-order valence-corrected chi connectivity index (χ4v) is 7.73. The molecule has 0 radical (unpaired) electrons. The molecule has 0 saturated carbocycles. The first-order chi connectivity index (χ1) is 22.1. The summed E-state index contributed by atoms with van der Waals surface area (Å²) in [5.74, 6) is 0. The van der Waals surface area contributed by atoms with Crippen LogP contribution in [0.1, 0.15) is 25.0 Å². The number of benzene rings is 8. The van der Waals surface area contributed by atoms with Crippen LogP contribution in [-0.4, -0.2) is 0 Å². The highest BCUT2D eigenvalue weighted by molar-refractivity contribution is 6.29. The van der Waals surface area contributed by atoms with Gasteiger partial charge in [0.25, 0.3) is 0 Å². The molecule has 0 aliphatic heterocycles. The molecule has 0 nitrogen and oxygen atoms in total. The highest BCUT2D eigenvalue weighted by Crippen LogP contribution is 2.51. The number of fused-ring (bicyclic) bond motifs is 3. The van der Waals surface area contributed by atoms with Crippen molar-refractivity contribution in [3.63, 3.8) is 0 Å². The summed E-state index contributed by atoms with van der Waals surface area (Å²) in [5.41, 5.74) is 12.7. The Hall–Kier alpha value is -5.46. The third-order valence-electron chi connectivity index (χ3n) is 10.0. The van der Waals surface area contributed by atoms with Gasteiger partial charge in [-0.3, -0.25) is 0 Å². The molecule has 0 N–H and O–H groups in total. The Balaban J connectivity index is 1.22. The second-order valence-electron chi connectivity index (χ2n) is 13.0. The quantitative estimate of drug-likeness (QED) is 0.184. The Kier molecular flexibility index (Phi) is 5.64. The third kappa shape index (κ3) is 3.99. The summed E-state index contributed by atoms with van der Waals surface area (Å²) < 4.78 is 0. The number of hydrogen-bond donors (Lipinski definition) is 0. The average Bonchev–Trinajstić information content (AvgIpc) is 3.35. The van der Waals surface area contributed by atoms with E-state index in [1.54, 1.807) is 0 Å². The van der Waals surface area contributed by atoms with Gasteiger partial charge in [0.05, 0.1) is 0 Å². The lowest BCUT2D eigenvalue weighted by atomic mass is 9.82. The highest BCUT2D eigenvalue weighted by Gasteiger charge is 2.34. The maximum Gasteiger partial charge on any atom is 0.0159 e. The van der Waals surface area contributed by atoms with Crippen molar-refractivity contribution in [2.45, 2.75) is 19.3 Å². The van der Waals surface area contributed by atoms with E-state index < -0.39 is 0 Å². The van der Waals surface area contributed by atoms with E-state index in [4.69, 9.17) is 0 Å². The molecule has 0 spiro atoms. The van der Waals surface area contributed by atoms with Gasteiger partial charge in [0.2, 0.25) is 0 Å². The predicted molar refractivity (Wildman–Crippen MR) is 193 cm³/mol. The Morgan fingerprint density at radius 3 is 1.29 bits per heavy atom. The largest absolute Gasteiger partial charge is 0.0622 e. The van der Waals surface area contributed by atoms with Crippen molar-refractivity contribution in [1.82, 2.24) is 0 Å². The zero-order valence-electron chi connectivity index (χ0n) is 25.5. The van der Waals surface area contributed by atoms with E-state index in [1.807, 2.05) is 0 Å². The lowest BCUT2D eigenvalue weighted by molar-refractivity contribution is 0.663. The summed E-state index contributed by atoms with van der Waals surface area (Å²) in [5, 5.41) is 8.24. The van der Waals surface area contributed by atoms with Crippen LogP contribution in [0.3, 0.4) is 0 Å². The van der Waals surface area contributed by atoms with Gasteiger partial charge in [-0.1, -0.05) is 141 Å². The van der Waals surface area contributed by atoms with Crippen LogP contribution in [0.25, 0.3) is 76.8 Å². The third-order valence-corrected chi connectivity index (χ3v) is 10.0. The van der Waals surface area contributed by atoms with Crippen molar-refractivity contribution in [1.29, 1.82) is 0 Å². The molecule has 0 amide bonds. The van der Waals surface area contributed by atoms with Crippen LogP contribution in [0.5, 0.6) is 0 Å². The minimum atomic E-state index is 0.00276. The zero-order chi connectivity index (χ0) is 30.1. The molecule has 0 bridgehead atoms. The standard InChI is InChI=1S/C45H32/c1-45(2)41-20-10-18-38-37-23-22-33(28-40(37)39-19-11-21-42(45)44(39)43(38)41)31-16-9-17-32(24-31)36-26-34(29-12-5-3-6-13-29)25-35(27-36)30-14-7-4-8-15-30/h3-28H,1-2H3. The maximum atomic E-state index is 2.42. The van der Waals surface area contributed by atoms with E-state index in [0.717, 1.165) is 0 Å². The van der Waals surface area contributed by atoms with Crippen molar-refractivity contribution in [3.8, 4) is 44.5 Å². The maximum absolute atomic E-state index is 2.42. The number of hydrogen-bond acceptors (Lipinski definition) is 0. The monoisotopic (exact) mass is 572 g/mol. The smallest absolute Gasteiger partial charge is 0.0159 e.